The summed E-state index contributed by atoms with van der Waals surface area (Å²) in [6, 6.07) is 11.0. The molecule has 4 heterocycles. The average molecular weight is 479 g/mol. The van der Waals surface area contributed by atoms with Gasteiger partial charge in [-0.2, -0.15) is 0 Å². The Morgan fingerprint density at radius 1 is 1.26 bits per heavy atom. The van der Waals surface area contributed by atoms with Crippen molar-refractivity contribution in [3.63, 3.8) is 0 Å². The van der Waals surface area contributed by atoms with E-state index in [0.717, 1.165) is 27.7 Å². The molecule has 0 spiro atoms. The topological polar surface area (TPSA) is 96.7 Å². The molecule has 176 valence electrons. The van der Waals surface area contributed by atoms with Crippen molar-refractivity contribution >= 4 is 44.4 Å². The number of fused-ring (bicyclic) bond motifs is 2. The number of rotatable bonds is 5. The minimum atomic E-state index is -0.457. The number of aliphatic hydroxyl groups is 1. The van der Waals surface area contributed by atoms with Gasteiger partial charge in [0.25, 0.3) is 5.91 Å². The van der Waals surface area contributed by atoms with Crippen LogP contribution in [0.2, 0.25) is 0 Å². The van der Waals surface area contributed by atoms with E-state index in [1.807, 2.05) is 38.1 Å². The summed E-state index contributed by atoms with van der Waals surface area (Å²) in [5.74, 6) is 1.16. The second-order valence-corrected chi connectivity index (χ2v) is 9.56. The Morgan fingerprint density at radius 3 is 2.88 bits per heavy atom. The van der Waals surface area contributed by atoms with E-state index in [-0.39, 0.29) is 11.9 Å². The number of nitrogens with zero attached hydrogens (tertiary/aromatic N) is 3. The number of aliphatic hydroxyl groups excluding tert-OH is 1. The Kier molecular flexibility index (Phi) is 5.97. The molecule has 5 rings (SSSR count). The summed E-state index contributed by atoms with van der Waals surface area (Å²) >= 11 is 1.34. The molecule has 2 N–H and O–H groups in total. The van der Waals surface area contributed by atoms with E-state index in [9.17, 15) is 14.7 Å². The van der Waals surface area contributed by atoms with Crippen molar-refractivity contribution in [1.29, 1.82) is 0 Å². The molecule has 1 aromatic carbocycles. The van der Waals surface area contributed by atoms with Gasteiger partial charge in [-0.25, -0.2) is 4.79 Å². The Hall–Kier alpha value is -3.43. The third kappa shape index (κ3) is 4.12. The number of carbonyl (C=O) groups is 2. The molecule has 0 aliphatic carbocycles. The standard InChI is InChI=1S/C25H26N4O4S/c1-3-8-27-25(32)29-15(2)11-16-12-18(4-5-20(16)29)33-21-6-9-26-19-13-22(34-23(19)21)24(31)28-10-7-17(30)14-28/h4-6,9,11-13,17,30H,3,7-8,10,14H2,1-2H3,(H,27,32). The molecule has 1 saturated heterocycles. The highest BCUT2D eigenvalue weighted by atomic mass is 32.1. The molecule has 9 heteroatoms. The number of likely N-dealkylation sites (tertiary alicyclic amines) is 1. The molecule has 1 atom stereocenters. The lowest BCUT2D eigenvalue weighted by Gasteiger charge is -2.13. The second kappa shape index (κ2) is 9.08. The van der Waals surface area contributed by atoms with Crippen LogP contribution in [0.15, 0.2) is 42.6 Å². The van der Waals surface area contributed by atoms with Crippen LogP contribution < -0.4 is 10.1 Å². The maximum absolute atomic E-state index is 12.9. The summed E-state index contributed by atoms with van der Waals surface area (Å²) < 4.78 is 8.67. The highest BCUT2D eigenvalue weighted by Crippen LogP contribution is 2.36. The van der Waals surface area contributed by atoms with Crippen LogP contribution in [-0.2, 0) is 0 Å². The maximum atomic E-state index is 12.9. The SMILES string of the molecule is CCCNC(=O)n1c(C)cc2cc(Oc3ccnc4cc(C(=O)N5CCC(O)C5)sc34)ccc21. The molecule has 3 aromatic heterocycles. The largest absolute Gasteiger partial charge is 0.456 e. The molecule has 1 aliphatic rings. The van der Waals surface area contributed by atoms with E-state index in [1.165, 1.54) is 11.3 Å². The fourth-order valence-corrected chi connectivity index (χ4v) is 5.32. The minimum Gasteiger partial charge on any atom is -0.456 e. The smallest absolute Gasteiger partial charge is 0.326 e. The molecular weight excluding hydrogens is 452 g/mol. The predicted molar refractivity (Wildman–Crippen MR) is 132 cm³/mol. The molecule has 0 saturated carbocycles. The van der Waals surface area contributed by atoms with Gasteiger partial charge in [-0.05, 0) is 50.1 Å². The van der Waals surface area contributed by atoms with E-state index in [2.05, 4.69) is 10.3 Å². The number of nitrogens with one attached hydrogen (secondary N) is 1. The van der Waals surface area contributed by atoms with Gasteiger partial charge in [0.2, 0.25) is 0 Å². The summed E-state index contributed by atoms with van der Waals surface area (Å²) in [5, 5.41) is 13.6. The maximum Gasteiger partial charge on any atom is 0.326 e. The highest BCUT2D eigenvalue weighted by molar-refractivity contribution is 7.21. The molecule has 34 heavy (non-hydrogen) atoms. The molecule has 1 aliphatic heterocycles. The van der Waals surface area contributed by atoms with Gasteiger partial charge in [-0.3, -0.25) is 14.3 Å². The first-order valence-corrected chi connectivity index (χ1v) is 12.2. The molecule has 8 nitrogen and oxygen atoms in total. The van der Waals surface area contributed by atoms with Crippen LogP contribution in [0.25, 0.3) is 21.1 Å². The van der Waals surface area contributed by atoms with Crippen molar-refractivity contribution in [1.82, 2.24) is 19.8 Å². The Bertz CT molecular complexity index is 1390. The van der Waals surface area contributed by atoms with Crippen LogP contribution in [-0.4, -0.2) is 57.2 Å². The molecular formula is C25H26N4O4S. The first kappa shape index (κ1) is 22.4. The lowest BCUT2D eigenvalue weighted by Crippen LogP contribution is -2.29. The molecule has 0 radical (unpaired) electrons. The van der Waals surface area contributed by atoms with Crippen molar-refractivity contribution in [2.24, 2.45) is 0 Å². The summed E-state index contributed by atoms with van der Waals surface area (Å²) in [5.41, 5.74) is 2.36. The zero-order valence-electron chi connectivity index (χ0n) is 19.1. The first-order valence-electron chi connectivity index (χ1n) is 11.4. The number of aryl methyl sites for hydroxylation is 1. The minimum absolute atomic E-state index is 0.0925. The fourth-order valence-electron chi connectivity index (χ4n) is 4.29. The summed E-state index contributed by atoms with van der Waals surface area (Å²) in [6.45, 7) is 5.46. The number of hydrogen-bond acceptors (Lipinski definition) is 6. The van der Waals surface area contributed by atoms with Gasteiger partial charge in [0, 0.05) is 43.0 Å². The Morgan fingerprint density at radius 2 is 2.12 bits per heavy atom. The van der Waals surface area contributed by atoms with Gasteiger partial charge in [0.05, 0.1) is 26.7 Å². The van der Waals surface area contributed by atoms with Crippen molar-refractivity contribution in [2.45, 2.75) is 32.8 Å². The van der Waals surface area contributed by atoms with Crippen LogP contribution in [0, 0.1) is 6.92 Å². The van der Waals surface area contributed by atoms with Crippen molar-refractivity contribution < 1.29 is 19.4 Å². The number of pyridine rings is 1. The normalized spacial score (nSPS) is 15.9. The number of thiophene rings is 1. The first-order chi connectivity index (χ1) is 16.4. The Labute approximate surface area is 200 Å². The summed E-state index contributed by atoms with van der Waals surface area (Å²) in [4.78, 5) is 32.1. The van der Waals surface area contributed by atoms with Crippen LogP contribution >= 0.6 is 11.3 Å². The second-order valence-electron chi connectivity index (χ2n) is 8.50. The average Bonchev–Trinajstić information content (AvgIpc) is 3.53. The zero-order chi connectivity index (χ0) is 23.8. The number of β-amino-alcohol motifs (C(OH)–C–C–N with tert-alkyl or cyclic N) is 1. The lowest BCUT2D eigenvalue weighted by molar-refractivity contribution is 0.0769. The van der Waals surface area contributed by atoms with Gasteiger partial charge in [0.1, 0.15) is 11.5 Å². The zero-order valence-corrected chi connectivity index (χ0v) is 19.9. The van der Waals surface area contributed by atoms with E-state index in [4.69, 9.17) is 4.74 Å². The van der Waals surface area contributed by atoms with E-state index in [0.29, 0.717) is 47.9 Å². The van der Waals surface area contributed by atoms with E-state index in [1.54, 1.807) is 27.8 Å². The van der Waals surface area contributed by atoms with Gasteiger partial charge in [0.15, 0.2) is 0 Å². The predicted octanol–water partition coefficient (Wildman–Crippen LogP) is 4.53. The van der Waals surface area contributed by atoms with Crippen LogP contribution in [0.5, 0.6) is 11.5 Å². The third-order valence-corrected chi connectivity index (χ3v) is 7.08. The Balaban J connectivity index is 1.42. The van der Waals surface area contributed by atoms with Gasteiger partial charge < -0.3 is 20.1 Å². The quantitative estimate of drug-likeness (QED) is 0.439. The molecule has 0 bridgehead atoms. The number of amides is 2. The van der Waals surface area contributed by atoms with Crippen molar-refractivity contribution in [3.05, 3.63) is 53.2 Å². The van der Waals surface area contributed by atoms with E-state index >= 15 is 0 Å². The summed E-state index contributed by atoms with van der Waals surface area (Å²) in [6.07, 6.45) is 2.68. The third-order valence-electron chi connectivity index (χ3n) is 5.95. The van der Waals surface area contributed by atoms with Crippen LogP contribution in [0.3, 0.4) is 0 Å². The summed E-state index contributed by atoms with van der Waals surface area (Å²) in [7, 11) is 0. The number of carbonyl (C=O) groups excluding carboxylic acids is 2. The van der Waals surface area contributed by atoms with Gasteiger partial charge >= 0.3 is 6.03 Å². The molecule has 2 amide bonds. The lowest BCUT2D eigenvalue weighted by atomic mass is 10.2. The monoisotopic (exact) mass is 478 g/mol. The highest BCUT2D eigenvalue weighted by Gasteiger charge is 2.27. The van der Waals surface area contributed by atoms with Crippen LogP contribution in [0.1, 0.15) is 35.1 Å². The van der Waals surface area contributed by atoms with Gasteiger partial charge in [-0.1, -0.05) is 6.92 Å². The number of benzene rings is 1. The fraction of sp³-hybridized carbons (Fsp3) is 0.320. The van der Waals surface area contributed by atoms with Gasteiger partial charge in [-0.15, -0.1) is 11.3 Å². The molecule has 1 fully saturated rings. The van der Waals surface area contributed by atoms with Crippen molar-refractivity contribution in [3.8, 4) is 11.5 Å². The number of ether oxygens (including phenoxy) is 1. The van der Waals surface area contributed by atoms with Crippen LogP contribution in [0.4, 0.5) is 4.79 Å². The molecule has 4 aromatic rings. The molecule has 1 unspecified atom stereocenters. The number of hydrogen-bond donors (Lipinski definition) is 2. The van der Waals surface area contributed by atoms with E-state index < -0.39 is 6.10 Å². The van der Waals surface area contributed by atoms with Crippen molar-refractivity contribution in [2.75, 3.05) is 19.6 Å². The number of aromatic nitrogens is 2.